The van der Waals surface area contributed by atoms with Gasteiger partial charge in [0, 0.05) is 16.8 Å². The monoisotopic (exact) mass is 258 g/mol. The van der Waals surface area contributed by atoms with Crippen LogP contribution >= 0.6 is 11.6 Å². The Hall–Kier alpha value is -2.05. The number of benzene rings is 1. The molecule has 0 fully saturated rings. The molecule has 0 N–H and O–H groups in total. The van der Waals surface area contributed by atoms with Crippen LogP contribution in [0.3, 0.4) is 0 Å². The van der Waals surface area contributed by atoms with Crippen LogP contribution in [0.5, 0.6) is 5.75 Å². The Morgan fingerprint density at radius 2 is 2.17 bits per heavy atom. The standard InChI is InChI=1S/C14H11ClN2O/c1-2-18-14-7-11(9-17-13(14)8-16)10-4-3-5-12(15)6-10/h3-7,9H,2H2,1H3. The molecule has 0 amide bonds. The lowest BCUT2D eigenvalue weighted by Crippen LogP contribution is -1.97. The van der Waals surface area contributed by atoms with E-state index in [0.29, 0.717) is 23.1 Å². The van der Waals surface area contributed by atoms with Crippen LogP contribution in [0.15, 0.2) is 36.5 Å². The molecule has 0 spiro atoms. The molecule has 0 saturated carbocycles. The van der Waals surface area contributed by atoms with Crippen LogP contribution in [0.25, 0.3) is 11.1 Å². The fourth-order valence-corrected chi connectivity index (χ4v) is 1.81. The third kappa shape index (κ3) is 2.61. The van der Waals surface area contributed by atoms with E-state index in [-0.39, 0.29) is 0 Å². The fourth-order valence-electron chi connectivity index (χ4n) is 1.62. The predicted molar refractivity (Wildman–Crippen MR) is 70.6 cm³/mol. The fraction of sp³-hybridized carbons (Fsp3) is 0.143. The molecule has 18 heavy (non-hydrogen) atoms. The molecule has 0 aliphatic heterocycles. The Balaban J connectivity index is 2.47. The lowest BCUT2D eigenvalue weighted by molar-refractivity contribution is 0.338. The average molecular weight is 259 g/mol. The van der Waals surface area contributed by atoms with Gasteiger partial charge in [0.15, 0.2) is 11.4 Å². The van der Waals surface area contributed by atoms with Gasteiger partial charge >= 0.3 is 0 Å². The SMILES string of the molecule is CCOc1cc(-c2cccc(Cl)c2)cnc1C#N. The van der Waals surface area contributed by atoms with Gasteiger partial charge in [-0.3, -0.25) is 0 Å². The predicted octanol–water partition coefficient (Wildman–Crippen LogP) is 3.67. The van der Waals surface area contributed by atoms with Crippen molar-refractivity contribution in [3.63, 3.8) is 0 Å². The maximum atomic E-state index is 8.94. The average Bonchev–Trinajstić information content (AvgIpc) is 2.39. The highest BCUT2D eigenvalue weighted by atomic mass is 35.5. The van der Waals surface area contributed by atoms with Crippen LogP contribution in [0.2, 0.25) is 5.02 Å². The molecule has 2 rings (SSSR count). The number of hydrogen-bond acceptors (Lipinski definition) is 3. The Labute approximate surface area is 111 Å². The molecule has 3 nitrogen and oxygen atoms in total. The Kier molecular flexibility index (Phi) is 3.81. The third-order valence-corrected chi connectivity index (χ3v) is 2.65. The summed E-state index contributed by atoms with van der Waals surface area (Å²) in [5, 5.41) is 9.60. The summed E-state index contributed by atoms with van der Waals surface area (Å²) in [5.41, 5.74) is 2.11. The molecule has 1 aromatic carbocycles. The van der Waals surface area contributed by atoms with E-state index in [2.05, 4.69) is 4.98 Å². The molecule has 1 heterocycles. The van der Waals surface area contributed by atoms with Crippen molar-refractivity contribution >= 4 is 11.6 Å². The molecule has 0 saturated heterocycles. The number of ether oxygens (including phenoxy) is 1. The van der Waals surface area contributed by atoms with Crippen LogP contribution in [-0.2, 0) is 0 Å². The second-order valence-corrected chi connectivity index (χ2v) is 4.06. The largest absolute Gasteiger partial charge is 0.491 e. The lowest BCUT2D eigenvalue weighted by atomic mass is 10.1. The smallest absolute Gasteiger partial charge is 0.182 e. The van der Waals surface area contributed by atoms with Crippen molar-refractivity contribution in [3.05, 3.63) is 47.2 Å². The van der Waals surface area contributed by atoms with Gasteiger partial charge in [0.25, 0.3) is 0 Å². The zero-order valence-electron chi connectivity index (χ0n) is 9.85. The number of halogens is 1. The van der Waals surface area contributed by atoms with Crippen molar-refractivity contribution in [2.45, 2.75) is 6.92 Å². The summed E-state index contributed by atoms with van der Waals surface area (Å²) < 4.78 is 5.40. The number of hydrogen-bond donors (Lipinski definition) is 0. The number of nitrogens with zero attached hydrogens (tertiary/aromatic N) is 2. The first-order valence-electron chi connectivity index (χ1n) is 5.53. The highest BCUT2D eigenvalue weighted by Gasteiger charge is 2.07. The van der Waals surface area contributed by atoms with Gasteiger partial charge in [-0.15, -0.1) is 0 Å². The molecule has 4 heteroatoms. The van der Waals surface area contributed by atoms with Crippen LogP contribution in [0.4, 0.5) is 0 Å². The molecule has 0 aliphatic rings. The minimum atomic E-state index is 0.294. The minimum Gasteiger partial charge on any atom is -0.491 e. The van der Waals surface area contributed by atoms with E-state index in [0.717, 1.165) is 11.1 Å². The molecule has 0 bridgehead atoms. The molecule has 0 unspecified atom stereocenters. The molecule has 2 aromatic rings. The number of rotatable bonds is 3. The van der Waals surface area contributed by atoms with Gasteiger partial charge in [-0.2, -0.15) is 5.26 Å². The lowest BCUT2D eigenvalue weighted by Gasteiger charge is -2.07. The van der Waals surface area contributed by atoms with Gasteiger partial charge in [0.05, 0.1) is 6.61 Å². The normalized spacial score (nSPS) is 9.83. The first kappa shape index (κ1) is 12.4. The van der Waals surface area contributed by atoms with Crippen LogP contribution < -0.4 is 4.74 Å². The highest BCUT2D eigenvalue weighted by Crippen LogP contribution is 2.27. The van der Waals surface area contributed by atoms with Crippen molar-refractivity contribution in [2.24, 2.45) is 0 Å². The molecule has 0 aliphatic carbocycles. The molecule has 1 aromatic heterocycles. The van der Waals surface area contributed by atoms with Crippen molar-refractivity contribution in [2.75, 3.05) is 6.61 Å². The molecular weight excluding hydrogens is 248 g/mol. The van der Waals surface area contributed by atoms with Crippen LogP contribution in [0.1, 0.15) is 12.6 Å². The van der Waals surface area contributed by atoms with Crippen LogP contribution in [-0.4, -0.2) is 11.6 Å². The van der Waals surface area contributed by atoms with Crippen molar-refractivity contribution in [1.29, 1.82) is 5.26 Å². The van der Waals surface area contributed by atoms with Crippen molar-refractivity contribution < 1.29 is 4.74 Å². The van der Waals surface area contributed by atoms with Crippen molar-refractivity contribution in [1.82, 2.24) is 4.98 Å². The summed E-state index contributed by atoms with van der Waals surface area (Å²) >= 11 is 5.95. The maximum absolute atomic E-state index is 8.94. The third-order valence-electron chi connectivity index (χ3n) is 2.42. The first-order valence-corrected chi connectivity index (χ1v) is 5.91. The Bertz CT molecular complexity index is 605. The summed E-state index contributed by atoms with van der Waals surface area (Å²) in [4.78, 5) is 4.09. The van der Waals surface area contributed by atoms with Gasteiger partial charge in [0.2, 0.25) is 0 Å². The number of pyridine rings is 1. The van der Waals surface area contributed by atoms with Gasteiger partial charge in [-0.25, -0.2) is 4.98 Å². The van der Waals surface area contributed by atoms with Gasteiger partial charge in [-0.05, 0) is 30.7 Å². The summed E-state index contributed by atoms with van der Waals surface area (Å²) in [7, 11) is 0. The van der Waals surface area contributed by atoms with Crippen molar-refractivity contribution in [3.8, 4) is 22.9 Å². The quantitative estimate of drug-likeness (QED) is 0.844. The highest BCUT2D eigenvalue weighted by molar-refractivity contribution is 6.30. The van der Waals surface area contributed by atoms with E-state index in [1.807, 2.05) is 37.3 Å². The zero-order chi connectivity index (χ0) is 13.0. The van der Waals surface area contributed by atoms with Gasteiger partial charge < -0.3 is 4.74 Å². The van der Waals surface area contributed by atoms with E-state index in [4.69, 9.17) is 21.6 Å². The zero-order valence-corrected chi connectivity index (χ0v) is 10.6. The topological polar surface area (TPSA) is 45.9 Å². The number of aromatic nitrogens is 1. The van der Waals surface area contributed by atoms with E-state index in [9.17, 15) is 0 Å². The molecule has 90 valence electrons. The second-order valence-electron chi connectivity index (χ2n) is 3.63. The molecular formula is C14H11ClN2O. The molecule has 0 radical (unpaired) electrons. The summed E-state index contributed by atoms with van der Waals surface area (Å²) in [6, 6.07) is 11.3. The first-order chi connectivity index (χ1) is 8.74. The summed E-state index contributed by atoms with van der Waals surface area (Å²) in [6.07, 6.45) is 1.65. The Morgan fingerprint density at radius 3 is 2.83 bits per heavy atom. The molecule has 0 atom stereocenters. The number of nitriles is 1. The van der Waals surface area contributed by atoms with Crippen LogP contribution in [0, 0.1) is 11.3 Å². The van der Waals surface area contributed by atoms with E-state index >= 15 is 0 Å². The second kappa shape index (κ2) is 5.52. The van der Waals surface area contributed by atoms with E-state index in [1.54, 1.807) is 12.3 Å². The van der Waals surface area contributed by atoms with E-state index < -0.39 is 0 Å². The Morgan fingerprint density at radius 1 is 1.33 bits per heavy atom. The minimum absolute atomic E-state index is 0.294. The summed E-state index contributed by atoms with van der Waals surface area (Å²) in [5.74, 6) is 0.498. The van der Waals surface area contributed by atoms with Gasteiger partial charge in [0.1, 0.15) is 6.07 Å². The maximum Gasteiger partial charge on any atom is 0.182 e. The summed E-state index contributed by atoms with van der Waals surface area (Å²) in [6.45, 7) is 2.36. The van der Waals surface area contributed by atoms with Gasteiger partial charge in [-0.1, -0.05) is 23.7 Å². The van der Waals surface area contributed by atoms with E-state index in [1.165, 1.54) is 0 Å².